The normalized spacial score (nSPS) is 22.7. The van der Waals surface area contributed by atoms with Crippen LogP contribution in [0.25, 0.3) is 0 Å². The van der Waals surface area contributed by atoms with Crippen molar-refractivity contribution in [1.82, 2.24) is 0 Å². The van der Waals surface area contributed by atoms with Crippen LogP contribution in [0.15, 0.2) is 12.7 Å². The first-order valence-corrected chi connectivity index (χ1v) is 9.54. The molecule has 0 aliphatic carbocycles. The molecular formula is C19H36O8. The largest absolute Gasteiger partial charge is 0.394 e. The molecule has 160 valence electrons. The first-order valence-electron chi connectivity index (χ1n) is 9.54. The summed E-state index contributed by atoms with van der Waals surface area (Å²) in [7, 11) is 0. The van der Waals surface area contributed by atoms with Gasteiger partial charge in [-0.25, -0.2) is 0 Å². The fourth-order valence-corrected chi connectivity index (χ4v) is 2.72. The maximum absolute atomic E-state index is 9.58. The maximum atomic E-state index is 9.58. The van der Waals surface area contributed by atoms with Gasteiger partial charge in [-0.2, -0.15) is 0 Å². The number of rotatable bonds is 11. The Morgan fingerprint density at radius 2 is 1.37 bits per heavy atom. The van der Waals surface area contributed by atoms with Crippen molar-refractivity contribution < 1.29 is 39.0 Å². The van der Waals surface area contributed by atoms with Crippen molar-refractivity contribution in [1.29, 1.82) is 0 Å². The number of aliphatic hydroxyl groups is 3. The predicted molar refractivity (Wildman–Crippen MR) is 99.2 cm³/mol. The summed E-state index contributed by atoms with van der Waals surface area (Å²) in [6, 6.07) is 0. The highest BCUT2D eigenvalue weighted by atomic mass is 16.7. The molecule has 2 atom stereocenters. The minimum atomic E-state index is -0.658. The van der Waals surface area contributed by atoms with Crippen LogP contribution in [-0.4, -0.2) is 85.3 Å². The van der Waals surface area contributed by atoms with Crippen LogP contribution in [-0.2, 0) is 23.7 Å². The van der Waals surface area contributed by atoms with Gasteiger partial charge in [0.25, 0.3) is 0 Å². The molecule has 0 saturated carbocycles. The van der Waals surface area contributed by atoms with Crippen LogP contribution in [0.2, 0.25) is 0 Å². The van der Waals surface area contributed by atoms with Gasteiger partial charge in [-0.05, 0) is 26.7 Å². The maximum Gasteiger partial charge on any atom is 0.165 e. The molecule has 8 heteroatoms. The Labute approximate surface area is 162 Å². The second-order valence-corrected chi connectivity index (χ2v) is 7.06. The highest BCUT2D eigenvalue weighted by molar-refractivity contribution is 4.71. The summed E-state index contributed by atoms with van der Waals surface area (Å²) in [6.45, 7) is 10.4. The van der Waals surface area contributed by atoms with E-state index in [-0.39, 0.29) is 6.61 Å². The number of aliphatic hydroxyl groups excluding tert-OH is 3. The second-order valence-electron chi connectivity index (χ2n) is 7.06. The third-order valence-electron chi connectivity index (χ3n) is 4.42. The highest BCUT2D eigenvalue weighted by Crippen LogP contribution is 2.25. The van der Waals surface area contributed by atoms with Crippen LogP contribution in [0.4, 0.5) is 0 Å². The van der Waals surface area contributed by atoms with E-state index in [9.17, 15) is 5.11 Å². The van der Waals surface area contributed by atoms with Crippen molar-refractivity contribution >= 4 is 0 Å². The van der Waals surface area contributed by atoms with Gasteiger partial charge in [-0.3, -0.25) is 0 Å². The second kappa shape index (κ2) is 12.8. The van der Waals surface area contributed by atoms with E-state index in [1.165, 1.54) is 0 Å². The predicted octanol–water partition coefficient (Wildman–Crippen LogP) is 0.976. The summed E-state index contributed by atoms with van der Waals surface area (Å²) in [5, 5.41) is 27.2. The Balaban J connectivity index is 0.000000277. The molecular weight excluding hydrogens is 356 g/mol. The molecule has 0 aromatic rings. The van der Waals surface area contributed by atoms with Gasteiger partial charge in [0.05, 0.1) is 58.5 Å². The molecule has 0 bridgehead atoms. The topological polar surface area (TPSA) is 107 Å². The lowest BCUT2D eigenvalue weighted by Gasteiger charge is -2.23. The molecule has 0 spiro atoms. The van der Waals surface area contributed by atoms with Gasteiger partial charge < -0.3 is 39.0 Å². The van der Waals surface area contributed by atoms with E-state index in [1.807, 2.05) is 13.8 Å². The molecule has 0 amide bonds. The molecule has 2 fully saturated rings. The average molecular weight is 392 g/mol. The van der Waals surface area contributed by atoms with E-state index < -0.39 is 23.8 Å². The van der Waals surface area contributed by atoms with Gasteiger partial charge in [0.2, 0.25) is 0 Å². The molecule has 2 saturated heterocycles. The summed E-state index contributed by atoms with van der Waals surface area (Å²) >= 11 is 0. The zero-order valence-corrected chi connectivity index (χ0v) is 16.6. The summed E-state index contributed by atoms with van der Waals surface area (Å²) in [6.07, 6.45) is 2.97. The number of hydrogen-bond acceptors (Lipinski definition) is 8. The fraction of sp³-hybridized carbons (Fsp3) is 0.895. The van der Waals surface area contributed by atoms with Gasteiger partial charge in [-0.15, -0.1) is 6.58 Å². The van der Waals surface area contributed by atoms with E-state index >= 15 is 0 Å². The van der Waals surface area contributed by atoms with E-state index in [2.05, 4.69) is 6.58 Å². The van der Waals surface area contributed by atoms with Crippen LogP contribution in [0.3, 0.4) is 0 Å². The minimum absolute atomic E-state index is 0.198. The van der Waals surface area contributed by atoms with Crippen molar-refractivity contribution in [2.75, 3.05) is 46.2 Å². The van der Waals surface area contributed by atoms with Crippen LogP contribution < -0.4 is 0 Å². The van der Waals surface area contributed by atoms with Gasteiger partial charge >= 0.3 is 0 Å². The van der Waals surface area contributed by atoms with Crippen LogP contribution in [0.1, 0.15) is 39.5 Å². The fourth-order valence-electron chi connectivity index (χ4n) is 2.72. The third-order valence-corrected chi connectivity index (χ3v) is 4.42. The molecule has 0 radical (unpaired) electrons. The average Bonchev–Trinajstić information content (AvgIpc) is 3.28. The molecule has 2 aliphatic rings. The number of hydrogen-bond donors (Lipinski definition) is 3. The Hall–Kier alpha value is -0.580. The summed E-state index contributed by atoms with van der Waals surface area (Å²) in [5.74, 6) is -1.06. The smallest absolute Gasteiger partial charge is 0.165 e. The Kier molecular flexibility index (Phi) is 11.6. The van der Waals surface area contributed by atoms with Crippen molar-refractivity contribution in [3.05, 3.63) is 12.7 Å². The molecule has 0 aromatic heterocycles. The molecule has 2 aliphatic heterocycles. The molecule has 0 unspecified atom stereocenters. The molecule has 2 rings (SSSR count). The summed E-state index contributed by atoms with van der Waals surface area (Å²) < 4.78 is 26.6. The van der Waals surface area contributed by atoms with Crippen molar-refractivity contribution in [3.8, 4) is 0 Å². The molecule has 27 heavy (non-hydrogen) atoms. The summed E-state index contributed by atoms with van der Waals surface area (Å²) in [4.78, 5) is 0. The van der Waals surface area contributed by atoms with Crippen LogP contribution in [0.5, 0.6) is 0 Å². The van der Waals surface area contributed by atoms with E-state index in [0.29, 0.717) is 65.3 Å². The zero-order chi connectivity index (χ0) is 20.2. The SMILES string of the molecule is C=CCOC[C@@H](O)CCC1(C)OCCO1.CC1(CC[C@H](O)CO)OCCO1. The highest BCUT2D eigenvalue weighted by Gasteiger charge is 2.31. The van der Waals surface area contributed by atoms with E-state index in [1.54, 1.807) is 6.08 Å². The van der Waals surface area contributed by atoms with Crippen LogP contribution in [0, 0.1) is 0 Å². The van der Waals surface area contributed by atoms with Gasteiger partial charge in [0, 0.05) is 12.8 Å². The molecule has 2 heterocycles. The van der Waals surface area contributed by atoms with Crippen LogP contribution >= 0.6 is 0 Å². The Morgan fingerprint density at radius 1 is 0.926 bits per heavy atom. The lowest BCUT2D eigenvalue weighted by atomic mass is 10.1. The van der Waals surface area contributed by atoms with Crippen molar-refractivity contribution in [2.24, 2.45) is 0 Å². The first kappa shape index (κ1) is 24.5. The monoisotopic (exact) mass is 392 g/mol. The van der Waals surface area contributed by atoms with Gasteiger partial charge in [-0.1, -0.05) is 6.08 Å². The lowest BCUT2D eigenvalue weighted by molar-refractivity contribution is -0.152. The minimum Gasteiger partial charge on any atom is -0.394 e. The molecule has 8 nitrogen and oxygen atoms in total. The third kappa shape index (κ3) is 10.5. The van der Waals surface area contributed by atoms with E-state index in [4.69, 9.17) is 33.9 Å². The van der Waals surface area contributed by atoms with Crippen molar-refractivity contribution in [3.63, 3.8) is 0 Å². The Bertz CT molecular complexity index is 391. The van der Waals surface area contributed by atoms with Gasteiger partial charge in [0.1, 0.15) is 0 Å². The summed E-state index contributed by atoms with van der Waals surface area (Å²) in [5.41, 5.74) is 0. The van der Waals surface area contributed by atoms with Crippen molar-refractivity contribution in [2.45, 2.75) is 63.3 Å². The standard InChI is InChI=1S/C11H20O4.C8H16O4/c1-3-6-13-9-10(12)4-5-11(2)14-7-8-15-11;1-8(11-4-5-12-8)3-2-7(10)6-9/h3,10,12H,1,4-9H2,2H3;7,9-10H,2-6H2,1H3/t10-;7-/m00/s1. The molecule has 3 N–H and O–H groups in total. The first-order chi connectivity index (χ1) is 12.8. The lowest BCUT2D eigenvalue weighted by Crippen LogP contribution is -2.28. The zero-order valence-electron chi connectivity index (χ0n) is 16.6. The van der Waals surface area contributed by atoms with E-state index in [0.717, 1.165) is 0 Å². The quantitative estimate of drug-likeness (QED) is 0.353. The Morgan fingerprint density at radius 3 is 1.78 bits per heavy atom. The molecule has 0 aromatic carbocycles. The number of ether oxygens (including phenoxy) is 5. The van der Waals surface area contributed by atoms with Gasteiger partial charge in [0.15, 0.2) is 11.6 Å².